The fraction of sp³-hybridized carbons (Fsp3) is 0.250. The first-order valence-corrected chi connectivity index (χ1v) is 3.55. The van der Waals surface area contributed by atoms with Gasteiger partial charge in [0.05, 0.1) is 14.2 Å². The van der Waals surface area contributed by atoms with E-state index in [0.717, 1.165) is 7.11 Å². The normalized spacial score (nSPS) is 9.57. The largest absolute Gasteiger partial charge is 0.520 e. The van der Waals surface area contributed by atoms with Gasteiger partial charge in [-0.3, -0.25) is 0 Å². The molecule has 14 heavy (non-hydrogen) atoms. The van der Waals surface area contributed by atoms with Gasteiger partial charge in [0.25, 0.3) is 5.76 Å². The number of carbonyl (C=O) groups excluding carboxylic acids is 1. The Kier molecular flexibility index (Phi) is 2.76. The zero-order valence-electron chi connectivity index (χ0n) is 7.66. The Morgan fingerprint density at radius 1 is 1.21 bits per heavy atom. The summed E-state index contributed by atoms with van der Waals surface area (Å²) in [4.78, 5) is 21.8. The smallest absolute Gasteiger partial charge is 0.493 e. The number of esters is 1. The molecule has 0 radical (unpaired) electrons. The van der Waals surface area contributed by atoms with Crippen LogP contribution in [0.4, 0.5) is 0 Å². The number of carbonyl (C=O) groups is 1. The molecule has 0 aliphatic heterocycles. The number of rotatable bonds is 3. The Labute approximate surface area is 78.7 Å². The third kappa shape index (κ3) is 1.68. The Balaban J connectivity index is 3.22. The minimum Gasteiger partial charge on any atom is -0.493 e. The first-order chi connectivity index (χ1) is 6.60. The maximum atomic E-state index is 11.1. The zero-order chi connectivity index (χ0) is 10.7. The van der Waals surface area contributed by atoms with Crippen LogP contribution in [0.2, 0.25) is 0 Å². The second-order valence-corrected chi connectivity index (χ2v) is 2.23. The highest BCUT2D eigenvalue weighted by Crippen LogP contribution is 2.17. The Bertz CT molecular complexity index is 373. The van der Waals surface area contributed by atoms with Crippen LogP contribution in [0.25, 0.3) is 5.76 Å². The third-order valence-corrected chi connectivity index (χ3v) is 1.45. The van der Waals surface area contributed by atoms with Crippen LogP contribution in [-0.4, -0.2) is 20.2 Å². The van der Waals surface area contributed by atoms with E-state index in [1.54, 1.807) is 0 Å². The van der Waals surface area contributed by atoms with Crippen LogP contribution in [0, 0.1) is 0 Å². The van der Waals surface area contributed by atoms with Crippen molar-refractivity contribution in [2.24, 2.45) is 0 Å². The maximum absolute atomic E-state index is 11.1. The maximum Gasteiger partial charge on any atom is 0.520 e. The summed E-state index contributed by atoms with van der Waals surface area (Å²) in [5.74, 6) is -2.35. The Hall–Kier alpha value is -1.98. The molecule has 6 nitrogen and oxygen atoms in total. The molecule has 0 saturated heterocycles. The summed E-state index contributed by atoms with van der Waals surface area (Å²) in [7, 11) is 2.46. The van der Waals surface area contributed by atoms with E-state index >= 15 is 0 Å². The fourth-order valence-corrected chi connectivity index (χ4v) is 0.784. The van der Waals surface area contributed by atoms with Crippen LogP contribution in [-0.2, 0) is 9.47 Å². The van der Waals surface area contributed by atoms with Crippen molar-refractivity contribution >= 4 is 11.7 Å². The molecule has 1 aromatic heterocycles. The lowest BCUT2D eigenvalue weighted by atomic mass is 10.3. The topological polar surface area (TPSA) is 78.9 Å². The molecule has 0 fully saturated rings. The van der Waals surface area contributed by atoms with Crippen LogP contribution in [0.5, 0.6) is 0 Å². The molecule has 0 spiro atoms. The van der Waals surface area contributed by atoms with E-state index in [4.69, 9.17) is 4.74 Å². The Morgan fingerprint density at radius 3 is 2.29 bits per heavy atom. The molecule has 6 heteroatoms. The molecule has 1 heterocycles. The van der Waals surface area contributed by atoms with Crippen molar-refractivity contribution in [3.8, 4) is 0 Å². The summed E-state index contributed by atoms with van der Waals surface area (Å²) in [5.41, 5.74) is 0. The molecule has 0 aromatic carbocycles. The minimum atomic E-state index is -1.02. The van der Waals surface area contributed by atoms with Crippen molar-refractivity contribution in [1.29, 1.82) is 0 Å². The van der Waals surface area contributed by atoms with Crippen molar-refractivity contribution < 1.29 is 23.1 Å². The lowest BCUT2D eigenvalue weighted by molar-refractivity contribution is 0.0561. The SMILES string of the molecule is C=C(OC)c1oc(=O)oc1C(=O)OC. The highest BCUT2D eigenvalue weighted by Gasteiger charge is 2.23. The second-order valence-electron chi connectivity index (χ2n) is 2.23. The van der Waals surface area contributed by atoms with Crippen LogP contribution >= 0.6 is 0 Å². The van der Waals surface area contributed by atoms with Gasteiger partial charge in [0.2, 0.25) is 5.76 Å². The molecule has 0 amide bonds. The fourth-order valence-electron chi connectivity index (χ4n) is 0.784. The molecule has 0 aliphatic rings. The molecule has 1 rings (SSSR count). The molecular formula is C8H8O6. The number of methoxy groups -OCH3 is 2. The van der Waals surface area contributed by atoms with Gasteiger partial charge in [-0.1, -0.05) is 6.58 Å². The lowest BCUT2D eigenvalue weighted by Gasteiger charge is -1.99. The van der Waals surface area contributed by atoms with Crippen molar-refractivity contribution in [3.63, 3.8) is 0 Å². The van der Waals surface area contributed by atoms with E-state index in [-0.39, 0.29) is 17.3 Å². The average Bonchev–Trinajstić information content (AvgIpc) is 2.58. The van der Waals surface area contributed by atoms with Gasteiger partial charge in [-0.25, -0.2) is 9.59 Å². The van der Waals surface area contributed by atoms with E-state index in [1.165, 1.54) is 7.11 Å². The van der Waals surface area contributed by atoms with Crippen LogP contribution < -0.4 is 5.82 Å². The first-order valence-electron chi connectivity index (χ1n) is 3.55. The molecule has 0 aliphatic carbocycles. The van der Waals surface area contributed by atoms with E-state index in [9.17, 15) is 9.59 Å². The van der Waals surface area contributed by atoms with E-state index in [1.807, 2.05) is 0 Å². The van der Waals surface area contributed by atoms with Gasteiger partial charge in [0.15, 0.2) is 5.76 Å². The van der Waals surface area contributed by atoms with Crippen LogP contribution in [0.3, 0.4) is 0 Å². The van der Waals surface area contributed by atoms with Crippen LogP contribution in [0.15, 0.2) is 20.2 Å². The summed E-state index contributed by atoms with van der Waals surface area (Å²) < 4.78 is 18.0. The number of hydrogen-bond donors (Lipinski definition) is 0. The standard InChI is InChI=1S/C8H8O6/c1-4(11-2)5-6(7(9)12-3)14-8(10)13-5/h1H2,2-3H3. The zero-order valence-corrected chi connectivity index (χ0v) is 7.66. The minimum absolute atomic E-state index is 0.0104. The average molecular weight is 200 g/mol. The molecule has 0 unspecified atom stereocenters. The van der Waals surface area contributed by atoms with Crippen molar-refractivity contribution in [1.82, 2.24) is 0 Å². The van der Waals surface area contributed by atoms with Gasteiger partial charge in [0.1, 0.15) is 0 Å². The van der Waals surface area contributed by atoms with Gasteiger partial charge in [-0.2, -0.15) is 0 Å². The Morgan fingerprint density at radius 2 is 1.79 bits per heavy atom. The molecular weight excluding hydrogens is 192 g/mol. The van der Waals surface area contributed by atoms with Gasteiger partial charge < -0.3 is 18.3 Å². The van der Waals surface area contributed by atoms with Crippen molar-refractivity contribution in [2.45, 2.75) is 0 Å². The monoisotopic (exact) mass is 200 g/mol. The number of ether oxygens (including phenoxy) is 2. The predicted molar refractivity (Wildman–Crippen MR) is 44.6 cm³/mol. The van der Waals surface area contributed by atoms with E-state index in [0.29, 0.717) is 0 Å². The summed E-state index contributed by atoms with van der Waals surface area (Å²) >= 11 is 0. The van der Waals surface area contributed by atoms with Crippen molar-refractivity contribution in [3.05, 3.63) is 28.7 Å². The lowest BCUT2D eigenvalue weighted by Crippen LogP contribution is -2.03. The number of hydrogen-bond acceptors (Lipinski definition) is 6. The van der Waals surface area contributed by atoms with Gasteiger partial charge in [-0.05, 0) is 0 Å². The van der Waals surface area contributed by atoms with E-state index < -0.39 is 11.8 Å². The van der Waals surface area contributed by atoms with Gasteiger partial charge in [-0.15, -0.1) is 0 Å². The second kappa shape index (κ2) is 3.82. The summed E-state index contributed by atoms with van der Waals surface area (Å²) in [6.07, 6.45) is 0. The van der Waals surface area contributed by atoms with Crippen molar-refractivity contribution in [2.75, 3.05) is 14.2 Å². The molecule has 76 valence electrons. The molecule has 0 N–H and O–H groups in total. The molecule has 0 bridgehead atoms. The summed E-state index contributed by atoms with van der Waals surface area (Å²) in [6, 6.07) is 0. The molecule has 0 atom stereocenters. The van der Waals surface area contributed by atoms with Gasteiger partial charge >= 0.3 is 11.8 Å². The van der Waals surface area contributed by atoms with E-state index in [2.05, 4.69) is 20.2 Å². The molecule has 1 aromatic rings. The molecule has 0 saturated carbocycles. The van der Waals surface area contributed by atoms with Gasteiger partial charge in [0, 0.05) is 0 Å². The predicted octanol–water partition coefficient (Wildman–Crippen LogP) is 0.637. The highest BCUT2D eigenvalue weighted by molar-refractivity contribution is 5.90. The van der Waals surface area contributed by atoms with Crippen LogP contribution in [0.1, 0.15) is 16.3 Å². The first kappa shape index (κ1) is 10.1. The highest BCUT2D eigenvalue weighted by atomic mass is 16.6. The quantitative estimate of drug-likeness (QED) is 0.526. The summed E-state index contributed by atoms with van der Waals surface area (Å²) in [5, 5.41) is 0. The summed E-state index contributed by atoms with van der Waals surface area (Å²) in [6.45, 7) is 3.41. The third-order valence-electron chi connectivity index (χ3n) is 1.45.